The SMILES string of the molecule is COC(=O)CCc1ccc(C)cc1OCCC(C)OS(C)(=O)=O. The second-order valence-corrected chi connectivity index (χ2v) is 7.04. The van der Waals surface area contributed by atoms with E-state index in [1.165, 1.54) is 7.11 Å². The lowest BCUT2D eigenvalue weighted by atomic mass is 10.1. The Labute approximate surface area is 137 Å². The Kier molecular flexibility index (Phi) is 7.51. The molecule has 0 saturated carbocycles. The predicted molar refractivity (Wildman–Crippen MR) is 87.0 cm³/mol. The van der Waals surface area contributed by atoms with Crippen molar-refractivity contribution >= 4 is 16.1 Å². The van der Waals surface area contributed by atoms with E-state index in [1.54, 1.807) is 6.92 Å². The van der Waals surface area contributed by atoms with Crippen molar-refractivity contribution < 1.29 is 26.9 Å². The van der Waals surface area contributed by atoms with Crippen LogP contribution < -0.4 is 4.74 Å². The number of carbonyl (C=O) groups is 1. The predicted octanol–water partition coefficient (Wildman–Crippen LogP) is 2.23. The number of hydrogen-bond donors (Lipinski definition) is 0. The Morgan fingerprint density at radius 3 is 2.61 bits per heavy atom. The molecule has 130 valence electrons. The topological polar surface area (TPSA) is 78.9 Å². The summed E-state index contributed by atoms with van der Waals surface area (Å²) in [6.07, 6.45) is 1.82. The fourth-order valence-corrected chi connectivity index (χ4v) is 2.72. The third-order valence-corrected chi connectivity index (χ3v) is 3.85. The van der Waals surface area contributed by atoms with Gasteiger partial charge < -0.3 is 9.47 Å². The fourth-order valence-electron chi connectivity index (χ4n) is 2.02. The monoisotopic (exact) mass is 344 g/mol. The van der Waals surface area contributed by atoms with Crippen LogP contribution in [0.4, 0.5) is 0 Å². The first-order chi connectivity index (χ1) is 10.7. The zero-order valence-electron chi connectivity index (χ0n) is 14.0. The molecule has 0 aliphatic rings. The van der Waals surface area contributed by atoms with Gasteiger partial charge in [0.05, 0.1) is 26.1 Å². The van der Waals surface area contributed by atoms with Gasteiger partial charge in [0.2, 0.25) is 0 Å². The molecule has 1 aromatic rings. The van der Waals surface area contributed by atoms with Gasteiger partial charge in [-0.1, -0.05) is 12.1 Å². The van der Waals surface area contributed by atoms with Gasteiger partial charge in [-0.05, 0) is 37.5 Å². The van der Waals surface area contributed by atoms with Gasteiger partial charge in [-0.3, -0.25) is 8.98 Å². The summed E-state index contributed by atoms with van der Waals surface area (Å²) in [5, 5.41) is 0. The highest BCUT2D eigenvalue weighted by atomic mass is 32.2. The molecule has 0 aliphatic heterocycles. The average molecular weight is 344 g/mol. The summed E-state index contributed by atoms with van der Waals surface area (Å²) in [4.78, 5) is 11.3. The summed E-state index contributed by atoms with van der Waals surface area (Å²) in [5.41, 5.74) is 1.96. The van der Waals surface area contributed by atoms with Crippen molar-refractivity contribution in [3.05, 3.63) is 29.3 Å². The molecular formula is C16H24O6S. The number of esters is 1. The first-order valence-electron chi connectivity index (χ1n) is 7.38. The zero-order chi connectivity index (χ0) is 17.5. The van der Waals surface area contributed by atoms with Gasteiger partial charge in [0, 0.05) is 12.8 Å². The van der Waals surface area contributed by atoms with Gasteiger partial charge in [-0.2, -0.15) is 8.42 Å². The summed E-state index contributed by atoms with van der Waals surface area (Å²) in [6.45, 7) is 3.95. The molecule has 0 heterocycles. The molecule has 23 heavy (non-hydrogen) atoms. The van der Waals surface area contributed by atoms with E-state index in [-0.39, 0.29) is 12.4 Å². The van der Waals surface area contributed by atoms with E-state index < -0.39 is 16.2 Å². The lowest BCUT2D eigenvalue weighted by Gasteiger charge is -2.15. The molecule has 0 saturated heterocycles. The quantitative estimate of drug-likeness (QED) is 0.505. The highest BCUT2D eigenvalue weighted by Gasteiger charge is 2.12. The summed E-state index contributed by atoms with van der Waals surface area (Å²) in [5.74, 6) is 0.423. The van der Waals surface area contributed by atoms with Crippen molar-refractivity contribution in [3.8, 4) is 5.75 Å². The van der Waals surface area contributed by atoms with Crippen LogP contribution in [-0.4, -0.2) is 40.5 Å². The zero-order valence-corrected chi connectivity index (χ0v) is 14.8. The Hall–Kier alpha value is -1.60. The van der Waals surface area contributed by atoms with Gasteiger partial charge in [-0.25, -0.2) is 0 Å². The number of rotatable bonds is 9. The Bertz CT molecular complexity index is 623. The summed E-state index contributed by atoms with van der Waals surface area (Å²) in [7, 11) is -2.10. The van der Waals surface area contributed by atoms with Crippen LogP contribution in [0.3, 0.4) is 0 Å². The molecule has 1 atom stereocenters. The first-order valence-corrected chi connectivity index (χ1v) is 9.20. The third kappa shape index (κ3) is 7.99. The fraction of sp³-hybridized carbons (Fsp3) is 0.562. The molecule has 7 heteroatoms. The van der Waals surface area contributed by atoms with Crippen LogP contribution in [-0.2, 0) is 30.3 Å². The lowest BCUT2D eigenvalue weighted by molar-refractivity contribution is -0.140. The number of benzene rings is 1. The van der Waals surface area contributed by atoms with E-state index in [1.807, 2.05) is 25.1 Å². The maximum absolute atomic E-state index is 11.3. The van der Waals surface area contributed by atoms with Crippen molar-refractivity contribution in [2.45, 2.75) is 39.2 Å². The maximum Gasteiger partial charge on any atom is 0.305 e. The number of methoxy groups -OCH3 is 1. The normalized spacial score (nSPS) is 12.7. The smallest absolute Gasteiger partial charge is 0.305 e. The maximum atomic E-state index is 11.3. The minimum atomic E-state index is -3.46. The van der Waals surface area contributed by atoms with Crippen LogP contribution in [0.2, 0.25) is 0 Å². The van der Waals surface area contributed by atoms with E-state index >= 15 is 0 Å². The van der Waals surface area contributed by atoms with E-state index in [9.17, 15) is 13.2 Å². The summed E-state index contributed by atoms with van der Waals surface area (Å²) < 4.78 is 37.3. The third-order valence-electron chi connectivity index (χ3n) is 3.17. The van der Waals surface area contributed by atoms with Crippen LogP contribution >= 0.6 is 0 Å². The molecule has 0 fully saturated rings. The molecule has 0 amide bonds. The minimum Gasteiger partial charge on any atom is -0.493 e. The van der Waals surface area contributed by atoms with Crippen LogP contribution in [0, 0.1) is 6.92 Å². The molecule has 0 radical (unpaired) electrons. The Morgan fingerprint density at radius 2 is 2.00 bits per heavy atom. The second-order valence-electron chi connectivity index (χ2n) is 5.44. The molecule has 0 bridgehead atoms. The van der Waals surface area contributed by atoms with Crippen LogP contribution in [0.25, 0.3) is 0 Å². The Morgan fingerprint density at radius 1 is 1.30 bits per heavy atom. The number of aryl methyl sites for hydroxylation is 2. The molecular weight excluding hydrogens is 320 g/mol. The van der Waals surface area contributed by atoms with Gasteiger partial charge in [0.1, 0.15) is 5.75 Å². The molecule has 6 nitrogen and oxygen atoms in total. The van der Waals surface area contributed by atoms with Gasteiger partial charge in [0.25, 0.3) is 10.1 Å². The average Bonchev–Trinajstić information content (AvgIpc) is 2.44. The van der Waals surface area contributed by atoms with Crippen molar-refractivity contribution in [3.63, 3.8) is 0 Å². The van der Waals surface area contributed by atoms with Crippen molar-refractivity contribution in [2.24, 2.45) is 0 Å². The molecule has 0 spiro atoms. The molecule has 1 unspecified atom stereocenters. The molecule has 1 aromatic carbocycles. The van der Waals surface area contributed by atoms with Crippen LogP contribution in [0.15, 0.2) is 18.2 Å². The van der Waals surface area contributed by atoms with E-state index in [0.717, 1.165) is 17.4 Å². The molecule has 1 rings (SSSR count). The summed E-state index contributed by atoms with van der Waals surface area (Å²) in [6, 6.07) is 5.77. The van der Waals surface area contributed by atoms with Gasteiger partial charge in [-0.15, -0.1) is 0 Å². The van der Waals surface area contributed by atoms with Crippen molar-refractivity contribution in [1.29, 1.82) is 0 Å². The number of ether oxygens (including phenoxy) is 2. The van der Waals surface area contributed by atoms with E-state index in [0.29, 0.717) is 25.2 Å². The molecule has 0 aliphatic carbocycles. The van der Waals surface area contributed by atoms with Crippen molar-refractivity contribution in [2.75, 3.05) is 20.0 Å². The van der Waals surface area contributed by atoms with Gasteiger partial charge in [0.15, 0.2) is 0 Å². The van der Waals surface area contributed by atoms with Crippen LogP contribution in [0.5, 0.6) is 5.75 Å². The second kappa shape index (κ2) is 8.88. The molecule has 0 aromatic heterocycles. The van der Waals surface area contributed by atoms with E-state index in [2.05, 4.69) is 4.74 Å². The number of hydrogen-bond acceptors (Lipinski definition) is 6. The van der Waals surface area contributed by atoms with E-state index in [4.69, 9.17) is 8.92 Å². The highest BCUT2D eigenvalue weighted by Crippen LogP contribution is 2.22. The van der Waals surface area contributed by atoms with Gasteiger partial charge >= 0.3 is 5.97 Å². The van der Waals surface area contributed by atoms with Crippen molar-refractivity contribution in [1.82, 2.24) is 0 Å². The van der Waals surface area contributed by atoms with Crippen LogP contribution in [0.1, 0.15) is 30.9 Å². The Balaban J connectivity index is 2.61. The largest absolute Gasteiger partial charge is 0.493 e. The number of carbonyl (C=O) groups excluding carboxylic acids is 1. The minimum absolute atomic E-state index is 0.272. The summed E-state index contributed by atoms with van der Waals surface area (Å²) >= 11 is 0. The molecule has 0 N–H and O–H groups in total. The first kappa shape index (κ1) is 19.4. The highest BCUT2D eigenvalue weighted by molar-refractivity contribution is 7.86. The lowest BCUT2D eigenvalue weighted by Crippen LogP contribution is -2.17. The standard InChI is InChI=1S/C16H24O6S/c1-12-5-6-14(7-8-16(17)20-3)15(11-12)21-10-9-13(2)22-23(4,18)19/h5-6,11,13H,7-10H2,1-4H3.